The normalized spacial score (nSPS) is 13.1. The number of halogens is 7. The van der Waals surface area contributed by atoms with E-state index < -0.39 is 21.9 Å². The lowest BCUT2D eigenvalue weighted by atomic mass is 10.3. The highest BCUT2D eigenvalue weighted by molar-refractivity contribution is 9.10. The van der Waals surface area contributed by atoms with E-state index in [0.29, 0.717) is 0 Å². The van der Waals surface area contributed by atoms with Crippen molar-refractivity contribution in [2.24, 2.45) is 4.36 Å². The van der Waals surface area contributed by atoms with E-state index in [1.165, 1.54) is 12.1 Å². The molecule has 0 heterocycles. The summed E-state index contributed by atoms with van der Waals surface area (Å²) in [6, 6.07) is 5.57. The molecule has 0 spiro atoms. The van der Waals surface area contributed by atoms with Crippen LogP contribution in [0.5, 0.6) is 11.5 Å². The fourth-order valence-corrected chi connectivity index (χ4v) is 2.80. The Morgan fingerprint density at radius 1 is 1.17 bits per heavy atom. The monoisotopic (exact) mass is 465 g/mol. The fourth-order valence-electron chi connectivity index (χ4n) is 1.56. The number of ether oxygens (including phenoxy) is 1. The van der Waals surface area contributed by atoms with Crippen molar-refractivity contribution in [3.05, 3.63) is 50.7 Å². The predicted molar refractivity (Wildman–Crippen MR) is 88.3 cm³/mol. The topological polar surface area (TPSA) is 38.7 Å². The van der Waals surface area contributed by atoms with Gasteiger partial charge in [-0.1, -0.05) is 23.2 Å². The smallest absolute Gasteiger partial charge is 0.454 e. The minimum Gasteiger partial charge on any atom is -0.454 e. The second kappa shape index (κ2) is 7.47. The summed E-state index contributed by atoms with van der Waals surface area (Å²) in [6.45, 7) is 0. The molecule has 1 atom stereocenters. The molecule has 24 heavy (non-hydrogen) atoms. The van der Waals surface area contributed by atoms with Gasteiger partial charge < -0.3 is 4.74 Å². The Morgan fingerprint density at radius 2 is 1.83 bits per heavy atom. The third kappa shape index (κ3) is 4.75. The molecule has 3 nitrogen and oxygen atoms in total. The van der Waals surface area contributed by atoms with E-state index in [2.05, 4.69) is 20.3 Å². The quantitative estimate of drug-likeness (QED) is 0.414. The van der Waals surface area contributed by atoms with Gasteiger partial charge in [0.2, 0.25) is 0 Å². The molecule has 11 heteroatoms. The first-order valence-electron chi connectivity index (χ1n) is 5.95. The number of rotatable bonds is 3. The van der Waals surface area contributed by atoms with Crippen LogP contribution in [0.2, 0.25) is 10.0 Å². The summed E-state index contributed by atoms with van der Waals surface area (Å²) in [5, 5.41) is 0.122. The average molecular weight is 467 g/mol. The van der Waals surface area contributed by atoms with Crippen molar-refractivity contribution >= 4 is 55.4 Å². The number of alkyl halides is 3. The van der Waals surface area contributed by atoms with Gasteiger partial charge in [0, 0.05) is 11.1 Å². The van der Waals surface area contributed by atoms with Crippen molar-refractivity contribution in [1.29, 1.82) is 0 Å². The van der Waals surface area contributed by atoms with Crippen LogP contribution in [0.15, 0.2) is 39.2 Å². The summed E-state index contributed by atoms with van der Waals surface area (Å²) in [5.74, 6) is -1.06. The van der Waals surface area contributed by atoms with Crippen molar-refractivity contribution < 1.29 is 26.5 Å². The molecule has 2 aromatic carbocycles. The SMILES string of the molecule is O=[SH](=N/c1ccc(Cl)c(Br)c1Oc1cc(F)cc(Cl)c1)/C(F)(F)F. The first-order valence-corrected chi connectivity index (χ1v) is 8.71. The Hall–Kier alpha value is -1.03. The van der Waals surface area contributed by atoms with Gasteiger partial charge >= 0.3 is 5.51 Å². The fraction of sp³-hybridized carbons (Fsp3) is 0.0769. The van der Waals surface area contributed by atoms with E-state index in [1.807, 2.05) is 0 Å². The summed E-state index contributed by atoms with van der Waals surface area (Å²) in [7, 11) is -3.89. The van der Waals surface area contributed by atoms with Crippen LogP contribution < -0.4 is 4.74 Å². The van der Waals surface area contributed by atoms with Crippen molar-refractivity contribution in [3.8, 4) is 11.5 Å². The van der Waals surface area contributed by atoms with Crippen LogP contribution in [0, 0.1) is 5.82 Å². The Bertz CT molecular complexity index is 850. The highest BCUT2D eigenvalue weighted by atomic mass is 79.9. The number of thiol groups is 1. The van der Waals surface area contributed by atoms with Crippen LogP contribution in [0.25, 0.3) is 0 Å². The maximum Gasteiger partial charge on any atom is 0.476 e. The highest BCUT2D eigenvalue weighted by Crippen LogP contribution is 2.43. The van der Waals surface area contributed by atoms with Crippen LogP contribution in [-0.4, -0.2) is 9.72 Å². The third-order valence-electron chi connectivity index (χ3n) is 2.50. The summed E-state index contributed by atoms with van der Waals surface area (Å²) in [6.07, 6.45) is 0. The molecular weight excluding hydrogens is 461 g/mol. The van der Waals surface area contributed by atoms with Gasteiger partial charge in [-0.05, 0) is 40.2 Å². The molecule has 0 N–H and O–H groups in total. The maximum absolute atomic E-state index is 13.4. The van der Waals surface area contributed by atoms with E-state index in [9.17, 15) is 21.8 Å². The molecule has 130 valence electrons. The summed E-state index contributed by atoms with van der Waals surface area (Å²) in [4.78, 5) is 0. The lowest BCUT2D eigenvalue weighted by Crippen LogP contribution is -2.08. The van der Waals surface area contributed by atoms with Crippen LogP contribution >= 0.6 is 39.1 Å². The molecule has 0 aliphatic carbocycles. The predicted octanol–water partition coefficient (Wildman–Crippen LogP) is 6.50. The van der Waals surface area contributed by atoms with Gasteiger partial charge in [-0.2, -0.15) is 17.5 Å². The van der Waals surface area contributed by atoms with Gasteiger partial charge in [0.25, 0.3) is 0 Å². The Labute approximate surface area is 153 Å². The third-order valence-corrected chi connectivity index (χ3v) is 4.88. The zero-order valence-electron chi connectivity index (χ0n) is 11.2. The molecule has 0 amide bonds. The van der Waals surface area contributed by atoms with Crippen molar-refractivity contribution in [2.75, 3.05) is 0 Å². The van der Waals surface area contributed by atoms with Crippen molar-refractivity contribution in [1.82, 2.24) is 0 Å². The van der Waals surface area contributed by atoms with Gasteiger partial charge in [-0.15, -0.1) is 0 Å². The Balaban J connectivity index is 2.56. The number of nitrogens with zero attached hydrogens (tertiary/aromatic N) is 1. The second-order valence-corrected chi connectivity index (χ2v) is 7.15. The minimum absolute atomic E-state index is 0.0167. The minimum atomic E-state index is -5.00. The van der Waals surface area contributed by atoms with E-state index in [1.54, 1.807) is 0 Å². The van der Waals surface area contributed by atoms with Crippen molar-refractivity contribution in [3.63, 3.8) is 0 Å². The molecule has 0 aliphatic rings. The Kier molecular flexibility index (Phi) is 6.00. The van der Waals surface area contributed by atoms with Crippen LogP contribution in [0.3, 0.4) is 0 Å². The largest absolute Gasteiger partial charge is 0.476 e. The van der Waals surface area contributed by atoms with Crippen LogP contribution in [0.1, 0.15) is 0 Å². The first-order chi connectivity index (χ1) is 11.1. The molecule has 0 fully saturated rings. The Morgan fingerprint density at radius 3 is 2.42 bits per heavy atom. The van der Waals surface area contributed by atoms with Gasteiger partial charge in [-0.25, -0.2) is 8.60 Å². The summed E-state index contributed by atoms with van der Waals surface area (Å²) in [5.41, 5.74) is -5.37. The van der Waals surface area contributed by atoms with E-state index >= 15 is 0 Å². The molecule has 1 unspecified atom stereocenters. The van der Waals surface area contributed by atoms with Crippen LogP contribution in [0.4, 0.5) is 23.2 Å². The molecule has 0 radical (unpaired) electrons. The molecule has 0 saturated heterocycles. The lowest BCUT2D eigenvalue weighted by molar-refractivity contribution is -0.0369. The molecule has 0 aromatic heterocycles. The zero-order valence-corrected chi connectivity index (χ0v) is 15.2. The molecule has 0 saturated carbocycles. The molecule has 2 rings (SSSR count). The summed E-state index contributed by atoms with van der Waals surface area (Å²) >= 11 is 14.6. The van der Waals surface area contributed by atoms with Crippen molar-refractivity contribution in [2.45, 2.75) is 5.51 Å². The number of hydrogen-bond donors (Lipinski definition) is 1. The molecule has 0 aliphatic heterocycles. The number of benzene rings is 2. The highest BCUT2D eigenvalue weighted by Gasteiger charge is 2.31. The maximum atomic E-state index is 13.4. The summed E-state index contributed by atoms with van der Waals surface area (Å²) < 4.78 is 70.5. The standard InChI is InChI=1S/C13H6BrCl2F4NO2S/c14-11-9(16)1-2-10(21-24(22)13(18,19)20)12(11)23-8-4-6(15)3-7(17)5-8/h1-5,24H. The van der Waals surface area contributed by atoms with Gasteiger partial charge in [0.15, 0.2) is 5.75 Å². The van der Waals surface area contributed by atoms with Crippen LogP contribution in [-0.2, 0) is 10.6 Å². The molecule has 2 aromatic rings. The number of hydrogen-bond acceptors (Lipinski definition) is 3. The van der Waals surface area contributed by atoms with E-state index in [0.717, 1.165) is 18.2 Å². The zero-order chi connectivity index (χ0) is 18.1. The second-order valence-electron chi connectivity index (χ2n) is 4.26. The first kappa shape index (κ1) is 19.3. The van der Waals surface area contributed by atoms with Gasteiger partial charge in [0.05, 0.1) is 9.50 Å². The van der Waals surface area contributed by atoms with Gasteiger partial charge in [-0.3, -0.25) is 0 Å². The van der Waals surface area contributed by atoms with Gasteiger partial charge in [0.1, 0.15) is 27.9 Å². The van der Waals surface area contributed by atoms with E-state index in [-0.39, 0.29) is 31.7 Å². The molecule has 0 bridgehead atoms. The lowest BCUT2D eigenvalue weighted by Gasteiger charge is -2.12. The van der Waals surface area contributed by atoms with E-state index in [4.69, 9.17) is 27.9 Å². The average Bonchev–Trinajstić information content (AvgIpc) is 2.44. The molecular formula is C13H6BrCl2F4NO2S.